The van der Waals surface area contributed by atoms with Gasteiger partial charge in [-0.15, -0.1) is 11.3 Å². The third-order valence-electron chi connectivity index (χ3n) is 1.88. The van der Waals surface area contributed by atoms with Gasteiger partial charge in [-0.25, -0.2) is 8.42 Å². The average Bonchev–Trinajstić information content (AvgIpc) is 2.41. The summed E-state index contributed by atoms with van der Waals surface area (Å²) in [6.45, 7) is 0. The number of hydrogen-bond donors (Lipinski definition) is 2. The molecule has 8 heteroatoms. The Bertz CT molecular complexity index is 531. The smallest absolute Gasteiger partial charge is 0.261 e. The fraction of sp³-hybridized carbons (Fsp3) is 0.375. The lowest BCUT2D eigenvalue weighted by Crippen LogP contribution is -2.13. The molecule has 1 aromatic heterocycles. The van der Waals surface area contributed by atoms with E-state index in [1.807, 2.05) is 0 Å². The highest BCUT2D eigenvalue weighted by Crippen LogP contribution is 2.40. The minimum Gasteiger partial charge on any atom is -0.396 e. The number of carbonyl (C=O) groups excluding carboxylic acids is 1. The van der Waals surface area contributed by atoms with Gasteiger partial charge in [0, 0.05) is 20.4 Å². The van der Waals surface area contributed by atoms with Crippen LogP contribution in [0.1, 0.15) is 9.67 Å². The Kier molecular flexibility index (Phi) is 3.15. The normalized spacial score (nSPS) is 11.4. The van der Waals surface area contributed by atoms with Crippen molar-refractivity contribution < 1.29 is 13.2 Å². The molecule has 0 saturated carbocycles. The largest absolute Gasteiger partial charge is 0.396 e. The maximum Gasteiger partial charge on any atom is 0.261 e. The van der Waals surface area contributed by atoms with Crippen LogP contribution >= 0.6 is 11.3 Å². The van der Waals surface area contributed by atoms with E-state index < -0.39 is 15.7 Å². The number of nitrogens with zero attached hydrogens (tertiary/aromatic N) is 1. The SMILES string of the molecule is CN(C)c1sc(C(N)=O)c(N)c1S(C)(=O)=O. The molecule has 0 fully saturated rings. The van der Waals surface area contributed by atoms with Crippen molar-refractivity contribution in [2.75, 3.05) is 31.0 Å². The second-order valence-electron chi connectivity index (χ2n) is 3.51. The van der Waals surface area contributed by atoms with E-state index in [-0.39, 0.29) is 15.5 Å². The number of nitrogen functional groups attached to an aromatic ring is 1. The van der Waals surface area contributed by atoms with E-state index in [9.17, 15) is 13.2 Å². The molecule has 90 valence electrons. The quantitative estimate of drug-likeness (QED) is 0.792. The molecular weight excluding hydrogens is 250 g/mol. The molecule has 0 saturated heterocycles. The Balaban J connectivity index is 3.64. The zero-order valence-electron chi connectivity index (χ0n) is 9.14. The van der Waals surface area contributed by atoms with Crippen molar-refractivity contribution in [2.45, 2.75) is 4.90 Å². The Morgan fingerprint density at radius 3 is 2.12 bits per heavy atom. The molecule has 0 radical (unpaired) electrons. The van der Waals surface area contributed by atoms with Crippen LogP contribution in [0.3, 0.4) is 0 Å². The van der Waals surface area contributed by atoms with Gasteiger partial charge in [0.05, 0.1) is 5.69 Å². The fourth-order valence-corrected chi connectivity index (χ4v) is 3.79. The minimum absolute atomic E-state index is 0.0312. The molecular formula is C8H13N3O3S2. The number of hydrogen-bond acceptors (Lipinski definition) is 6. The molecule has 1 rings (SSSR count). The van der Waals surface area contributed by atoms with Crippen LogP contribution < -0.4 is 16.4 Å². The molecule has 0 spiro atoms. The fourth-order valence-electron chi connectivity index (χ4n) is 1.25. The van der Waals surface area contributed by atoms with Gasteiger partial charge < -0.3 is 16.4 Å². The van der Waals surface area contributed by atoms with E-state index in [1.165, 1.54) is 0 Å². The molecule has 0 aliphatic heterocycles. The lowest BCUT2D eigenvalue weighted by Gasteiger charge is -2.11. The van der Waals surface area contributed by atoms with Crippen molar-refractivity contribution in [3.63, 3.8) is 0 Å². The van der Waals surface area contributed by atoms with Crippen LogP contribution in [-0.4, -0.2) is 34.7 Å². The molecule has 0 aromatic carbocycles. The summed E-state index contributed by atoms with van der Waals surface area (Å²) < 4.78 is 23.1. The van der Waals surface area contributed by atoms with E-state index in [0.29, 0.717) is 5.00 Å². The van der Waals surface area contributed by atoms with Crippen LogP contribution in [0.2, 0.25) is 0 Å². The molecule has 0 aliphatic rings. The van der Waals surface area contributed by atoms with Crippen molar-refractivity contribution in [1.82, 2.24) is 0 Å². The van der Waals surface area contributed by atoms with Gasteiger partial charge in [0.15, 0.2) is 9.84 Å². The monoisotopic (exact) mass is 263 g/mol. The van der Waals surface area contributed by atoms with Crippen LogP contribution in [0, 0.1) is 0 Å². The summed E-state index contributed by atoms with van der Waals surface area (Å²) in [6, 6.07) is 0. The van der Waals surface area contributed by atoms with Crippen molar-refractivity contribution >= 4 is 37.8 Å². The molecule has 0 atom stereocenters. The van der Waals surface area contributed by atoms with Crippen molar-refractivity contribution in [1.29, 1.82) is 0 Å². The zero-order valence-corrected chi connectivity index (χ0v) is 10.8. The first-order chi connectivity index (χ1) is 7.16. The lowest BCUT2D eigenvalue weighted by atomic mass is 10.4. The van der Waals surface area contributed by atoms with E-state index in [0.717, 1.165) is 17.6 Å². The molecule has 4 N–H and O–H groups in total. The molecule has 0 aliphatic carbocycles. The topological polar surface area (TPSA) is 106 Å². The molecule has 6 nitrogen and oxygen atoms in total. The number of amides is 1. The second kappa shape index (κ2) is 3.95. The van der Waals surface area contributed by atoms with Crippen LogP contribution in [0.25, 0.3) is 0 Å². The maximum absolute atomic E-state index is 11.6. The van der Waals surface area contributed by atoms with Crippen molar-refractivity contribution in [2.24, 2.45) is 5.73 Å². The maximum atomic E-state index is 11.6. The predicted octanol–water partition coefficient (Wildman–Crippen LogP) is -0.101. The summed E-state index contributed by atoms with van der Waals surface area (Å²) in [5.41, 5.74) is 10.7. The Morgan fingerprint density at radius 2 is 1.88 bits per heavy atom. The molecule has 16 heavy (non-hydrogen) atoms. The average molecular weight is 263 g/mol. The van der Waals surface area contributed by atoms with Crippen LogP contribution in [0.5, 0.6) is 0 Å². The van der Waals surface area contributed by atoms with Crippen molar-refractivity contribution in [3.8, 4) is 0 Å². The molecule has 1 amide bonds. The Morgan fingerprint density at radius 1 is 1.38 bits per heavy atom. The first-order valence-electron chi connectivity index (χ1n) is 4.25. The van der Waals surface area contributed by atoms with Gasteiger partial charge in [0.2, 0.25) is 0 Å². The van der Waals surface area contributed by atoms with Crippen molar-refractivity contribution in [3.05, 3.63) is 4.88 Å². The summed E-state index contributed by atoms with van der Waals surface area (Å²) in [5.74, 6) is -0.722. The summed E-state index contributed by atoms with van der Waals surface area (Å²) in [5, 5.41) is 0.411. The van der Waals surface area contributed by atoms with Gasteiger partial charge in [-0.05, 0) is 0 Å². The molecule has 0 bridgehead atoms. The predicted molar refractivity (Wildman–Crippen MR) is 64.7 cm³/mol. The highest BCUT2D eigenvalue weighted by atomic mass is 32.2. The number of rotatable bonds is 3. The highest BCUT2D eigenvalue weighted by Gasteiger charge is 2.26. The number of thiophene rings is 1. The summed E-state index contributed by atoms with van der Waals surface area (Å²) >= 11 is 0.976. The Hall–Kier alpha value is -1.28. The third kappa shape index (κ3) is 2.12. The van der Waals surface area contributed by atoms with Crippen LogP contribution in [-0.2, 0) is 9.84 Å². The van der Waals surface area contributed by atoms with E-state index in [2.05, 4.69) is 0 Å². The Labute approximate surface area is 97.8 Å². The summed E-state index contributed by atoms with van der Waals surface area (Å²) in [4.78, 5) is 12.7. The number of nitrogens with two attached hydrogens (primary N) is 2. The van der Waals surface area contributed by atoms with Gasteiger partial charge in [-0.1, -0.05) is 0 Å². The highest BCUT2D eigenvalue weighted by molar-refractivity contribution is 7.91. The third-order valence-corrected chi connectivity index (χ3v) is 4.55. The van der Waals surface area contributed by atoms with Gasteiger partial charge >= 0.3 is 0 Å². The van der Waals surface area contributed by atoms with Gasteiger partial charge in [-0.2, -0.15) is 0 Å². The molecule has 0 unspecified atom stereocenters. The van der Waals surface area contributed by atoms with Gasteiger partial charge in [0.1, 0.15) is 14.8 Å². The molecule has 1 heterocycles. The van der Waals surface area contributed by atoms with Crippen LogP contribution in [0.4, 0.5) is 10.7 Å². The van der Waals surface area contributed by atoms with E-state index >= 15 is 0 Å². The number of sulfone groups is 1. The minimum atomic E-state index is -3.49. The lowest BCUT2D eigenvalue weighted by molar-refractivity contribution is 0.100. The van der Waals surface area contributed by atoms with E-state index in [1.54, 1.807) is 19.0 Å². The molecule has 1 aromatic rings. The standard InChI is InChI=1S/C8H13N3O3S2/c1-11(2)8-6(16(3,13)14)4(9)5(15-8)7(10)12/h9H2,1-3H3,(H2,10,12). The summed E-state index contributed by atoms with van der Waals surface area (Å²) in [7, 11) is -0.143. The first-order valence-corrected chi connectivity index (χ1v) is 6.96. The zero-order chi connectivity index (χ0) is 12.7. The van der Waals surface area contributed by atoms with Gasteiger partial charge in [0.25, 0.3) is 5.91 Å². The number of primary amides is 1. The number of anilines is 2. The van der Waals surface area contributed by atoms with E-state index in [4.69, 9.17) is 11.5 Å². The van der Waals surface area contributed by atoms with Crippen LogP contribution in [0.15, 0.2) is 4.90 Å². The second-order valence-corrected chi connectivity index (χ2v) is 6.46. The number of carbonyl (C=O) groups is 1. The first kappa shape index (κ1) is 12.8. The summed E-state index contributed by atoms with van der Waals surface area (Å²) in [6.07, 6.45) is 1.04. The van der Waals surface area contributed by atoms with Gasteiger partial charge in [-0.3, -0.25) is 4.79 Å².